The molecule has 0 spiro atoms. The average molecular weight is 318 g/mol. The number of rotatable bonds is 4. The van der Waals surface area contributed by atoms with Gasteiger partial charge in [0.15, 0.2) is 11.6 Å². The van der Waals surface area contributed by atoms with Crippen LogP contribution in [0.5, 0.6) is 0 Å². The van der Waals surface area contributed by atoms with Crippen LogP contribution in [-0.2, 0) is 0 Å². The highest BCUT2D eigenvalue weighted by atomic mass is 19.2. The van der Waals surface area contributed by atoms with E-state index in [4.69, 9.17) is 0 Å². The van der Waals surface area contributed by atoms with E-state index in [-0.39, 0.29) is 11.8 Å². The number of hydrogen-bond acceptors (Lipinski definition) is 4. The number of nitrogens with zero attached hydrogens (tertiary/aromatic N) is 3. The fraction of sp³-hybridized carbons (Fsp3) is 0.312. The molecule has 0 aliphatic carbocycles. The van der Waals surface area contributed by atoms with E-state index in [1.165, 1.54) is 24.8 Å². The Morgan fingerprint density at radius 3 is 2.78 bits per heavy atom. The van der Waals surface area contributed by atoms with Crippen LogP contribution in [0.1, 0.15) is 16.8 Å². The van der Waals surface area contributed by atoms with Gasteiger partial charge in [-0.15, -0.1) is 0 Å². The van der Waals surface area contributed by atoms with Crippen molar-refractivity contribution in [3.63, 3.8) is 0 Å². The standard InChI is InChI=1S/C16H16F2N4O/c17-14-2-1-13(5-15(14)18)22-4-3-11(9-22)6-21-16(23)12-7-19-10-20-8-12/h1-2,5,7-8,10-11H,3-4,6,9H2,(H,21,23)/t11-/m1/s1. The van der Waals surface area contributed by atoms with E-state index < -0.39 is 11.6 Å². The summed E-state index contributed by atoms with van der Waals surface area (Å²) in [5.41, 5.74) is 1.08. The van der Waals surface area contributed by atoms with E-state index >= 15 is 0 Å². The lowest BCUT2D eigenvalue weighted by Crippen LogP contribution is -2.31. The molecule has 1 aliphatic rings. The zero-order chi connectivity index (χ0) is 16.2. The number of nitrogens with one attached hydrogen (secondary N) is 1. The largest absolute Gasteiger partial charge is 0.371 e. The molecule has 1 amide bonds. The number of aromatic nitrogens is 2. The van der Waals surface area contributed by atoms with E-state index in [9.17, 15) is 13.6 Å². The van der Waals surface area contributed by atoms with Crippen LogP contribution >= 0.6 is 0 Å². The van der Waals surface area contributed by atoms with Gasteiger partial charge in [0.05, 0.1) is 5.56 Å². The molecule has 1 aliphatic heterocycles. The van der Waals surface area contributed by atoms with Crippen molar-refractivity contribution >= 4 is 11.6 Å². The van der Waals surface area contributed by atoms with Gasteiger partial charge in [-0.2, -0.15) is 0 Å². The molecule has 7 heteroatoms. The minimum Gasteiger partial charge on any atom is -0.371 e. The third-order valence-electron chi connectivity index (χ3n) is 3.93. The lowest BCUT2D eigenvalue weighted by molar-refractivity contribution is 0.0947. The maximum absolute atomic E-state index is 13.3. The van der Waals surface area contributed by atoms with Crippen LogP contribution in [0.15, 0.2) is 36.9 Å². The number of carbonyl (C=O) groups is 1. The normalized spacial score (nSPS) is 17.3. The van der Waals surface area contributed by atoms with Crippen LogP contribution in [0.4, 0.5) is 14.5 Å². The van der Waals surface area contributed by atoms with Crippen molar-refractivity contribution in [3.05, 3.63) is 54.1 Å². The Labute approximate surface area is 132 Å². The molecule has 23 heavy (non-hydrogen) atoms. The summed E-state index contributed by atoms with van der Waals surface area (Å²) in [4.78, 5) is 21.5. The highest BCUT2D eigenvalue weighted by Crippen LogP contribution is 2.25. The average Bonchev–Trinajstić information content (AvgIpc) is 3.05. The van der Waals surface area contributed by atoms with Gasteiger partial charge >= 0.3 is 0 Å². The Hall–Kier alpha value is -2.57. The Bertz CT molecular complexity index is 696. The van der Waals surface area contributed by atoms with E-state index in [0.29, 0.717) is 24.3 Å². The molecule has 5 nitrogen and oxygen atoms in total. The van der Waals surface area contributed by atoms with Gasteiger partial charge in [0.25, 0.3) is 5.91 Å². The van der Waals surface area contributed by atoms with Gasteiger partial charge in [0.1, 0.15) is 6.33 Å². The molecule has 0 saturated carbocycles. The second-order valence-electron chi connectivity index (χ2n) is 5.54. The Balaban J connectivity index is 1.54. The molecule has 1 aromatic carbocycles. The van der Waals surface area contributed by atoms with Gasteiger partial charge in [-0.05, 0) is 24.5 Å². The number of benzene rings is 1. The molecule has 0 bridgehead atoms. The SMILES string of the molecule is O=C(NC[C@H]1CCN(c2ccc(F)c(F)c2)C1)c1cncnc1. The van der Waals surface area contributed by atoms with Crippen LogP contribution in [0.2, 0.25) is 0 Å². The van der Waals surface area contributed by atoms with Crippen molar-refractivity contribution in [3.8, 4) is 0 Å². The molecule has 1 atom stereocenters. The molecule has 3 rings (SSSR count). The summed E-state index contributed by atoms with van der Waals surface area (Å²) < 4.78 is 26.3. The summed E-state index contributed by atoms with van der Waals surface area (Å²) in [5.74, 6) is -1.64. The predicted octanol–water partition coefficient (Wildman–Crippen LogP) is 2.01. The van der Waals surface area contributed by atoms with Gasteiger partial charge in [-0.25, -0.2) is 18.7 Å². The molecular formula is C16H16F2N4O. The number of amides is 1. The molecule has 0 unspecified atom stereocenters. The quantitative estimate of drug-likeness (QED) is 0.937. The topological polar surface area (TPSA) is 58.1 Å². The summed E-state index contributed by atoms with van der Waals surface area (Å²) in [6, 6.07) is 3.91. The molecule has 2 heterocycles. The smallest absolute Gasteiger partial charge is 0.254 e. The van der Waals surface area contributed by atoms with Crippen molar-refractivity contribution < 1.29 is 13.6 Å². The lowest BCUT2D eigenvalue weighted by atomic mass is 10.1. The first-order valence-electron chi connectivity index (χ1n) is 7.36. The fourth-order valence-corrected chi connectivity index (χ4v) is 2.67. The predicted molar refractivity (Wildman–Crippen MR) is 81.0 cm³/mol. The summed E-state index contributed by atoms with van der Waals surface area (Å²) in [6.07, 6.45) is 5.17. The van der Waals surface area contributed by atoms with Gasteiger partial charge < -0.3 is 10.2 Å². The number of anilines is 1. The van der Waals surface area contributed by atoms with Gasteiger partial charge in [0, 0.05) is 43.8 Å². The first-order valence-corrected chi connectivity index (χ1v) is 7.36. The van der Waals surface area contributed by atoms with Crippen molar-refractivity contribution in [1.29, 1.82) is 0 Å². The second-order valence-corrected chi connectivity index (χ2v) is 5.54. The molecule has 1 N–H and O–H groups in total. The highest BCUT2D eigenvalue weighted by molar-refractivity contribution is 5.93. The summed E-state index contributed by atoms with van der Waals surface area (Å²) in [7, 11) is 0. The molecule has 0 radical (unpaired) electrons. The molecule has 1 aromatic heterocycles. The summed E-state index contributed by atoms with van der Waals surface area (Å²) in [5, 5.41) is 2.85. The van der Waals surface area contributed by atoms with Crippen molar-refractivity contribution in [2.24, 2.45) is 5.92 Å². The second kappa shape index (κ2) is 6.68. The van der Waals surface area contributed by atoms with Gasteiger partial charge in [-0.1, -0.05) is 0 Å². The van der Waals surface area contributed by atoms with Crippen LogP contribution in [0, 0.1) is 17.6 Å². The van der Waals surface area contributed by atoms with Gasteiger partial charge in [0.2, 0.25) is 0 Å². The monoisotopic (exact) mass is 318 g/mol. The van der Waals surface area contributed by atoms with Crippen LogP contribution < -0.4 is 10.2 Å². The molecule has 2 aromatic rings. The zero-order valence-corrected chi connectivity index (χ0v) is 12.4. The molecule has 120 valence electrons. The lowest BCUT2D eigenvalue weighted by Gasteiger charge is -2.19. The first kappa shape index (κ1) is 15.3. The van der Waals surface area contributed by atoms with Crippen molar-refractivity contribution in [2.75, 3.05) is 24.5 Å². The first-order chi connectivity index (χ1) is 11.1. The van der Waals surface area contributed by atoms with E-state index in [1.54, 1.807) is 6.07 Å². The maximum Gasteiger partial charge on any atom is 0.254 e. The van der Waals surface area contributed by atoms with Crippen LogP contribution in [-0.4, -0.2) is 35.5 Å². The van der Waals surface area contributed by atoms with E-state index in [0.717, 1.165) is 19.0 Å². The third kappa shape index (κ3) is 3.61. The Kier molecular flexibility index (Phi) is 4.45. The fourth-order valence-electron chi connectivity index (χ4n) is 2.67. The van der Waals surface area contributed by atoms with Crippen LogP contribution in [0.25, 0.3) is 0 Å². The highest BCUT2D eigenvalue weighted by Gasteiger charge is 2.24. The zero-order valence-electron chi connectivity index (χ0n) is 12.4. The number of carbonyl (C=O) groups excluding carboxylic acids is 1. The Morgan fingerprint density at radius 2 is 2.04 bits per heavy atom. The van der Waals surface area contributed by atoms with Gasteiger partial charge in [-0.3, -0.25) is 4.79 Å². The molecule has 1 fully saturated rings. The van der Waals surface area contributed by atoms with Crippen molar-refractivity contribution in [2.45, 2.75) is 6.42 Å². The minimum atomic E-state index is -0.846. The number of hydrogen-bond donors (Lipinski definition) is 1. The summed E-state index contributed by atoms with van der Waals surface area (Å²) in [6.45, 7) is 1.96. The van der Waals surface area contributed by atoms with Crippen molar-refractivity contribution in [1.82, 2.24) is 15.3 Å². The molecular weight excluding hydrogens is 302 g/mol. The van der Waals surface area contributed by atoms with Crippen LogP contribution in [0.3, 0.4) is 0 Å². The van der Waals surface area contributed by atoms with E-state index in [2.05, 4.69) is 15.3 Å². The Morgan fingerprint density at radius 1 is 1.26 bits per heavy atom. The maximum atomic E-state index is 13.3. The number of halogens is 2. The molecule has 1 saturated heterocycles. The third-order valence-corrected chi connectivity index (χ3v) is 3.93. The minimum absolute atomic E-state index is 0.211. The summed E-state index contributed by atoms with van der Waals surface area (Å²) >= 11 is 0. The van der Waals surface area contributed by atoms with E-state index in [1.807, 2.05) is 4.90 Å².